The van der Waals surface area contributed by atoms with Crippen molar-refractivity contribution in [3.05, 3.63) is 71.9 Å². The van der Waals surface area contributed by atoms with Gasteiger partial charge in [0.25, 0.3) is 5.88 Å². The summed E-state index contributed by atoms with van der Waals surface area (Å²) in [5.41, 5.74) is 2.51. The minimum Gasteiger partial charge on any atom is -0.475 e. The first-order valence-corrected chi connectivity index (χ1v) is 14.3. The molecule has 6 nitrogen and oxygen atoms in total. The summed E-state index contributed by atoms with van der Waals surface area (Å²) in [6, 6.07) is 18.4. The lowest BCUT2D eigenvalue weighted by Gasteiger charge is -2.41. The summed E-state index contributed by atoms with van der Waals surface area (Å²) in [6.45, 7) is 6.44. The van der Waals surface area contributed by atoms with Crippen molar-refractivity contribution in [1.82, 2.24) is 8.75 Å². The van der Waals surface area contributed by atoms with Crippen LogP contribution in [0.1, 0.15) is 62.0 Å². The van der Waals surface area contributed by atoms with Gasteiger partial charge in [-0.15, -0.1) is 4.37 Å². The highest BCUT2D eigenvalue weighted by atomic mass is 32.1. The van der Waals surface area contributed by atoms with E-state index in [9.17, 15) is 4.79 Å². The first-order chi connectivity index (χ1) is 18.5. The first kappa shape index (κ1) is 26.3. The van der Waals surface area contributed by atoms with Crippen LogP contribution in [0.15, 0.2) is 60.7 Å². The molecule has 2 heterocycles. The maximum absolute atomic E-state index is 13.2. The smallest absolute Gasteiger partial charge is 0.342 e. The molecule has 0 spiro atoms. The molecule has 0 saturated heterocycles. The van der Waals surface area contributed by atoms with Gasteiger partial charge in [0.2, 0.25) is 6.23 Å². The second-order valence-electron chi connectivity index (χ2n) is 10.5. The lowest BCUT2D eigenvalue weighted by atomic mass is 10.0. The van der Waals surface area contributed by atoms with Crippen molar-refractivity contribution in [2.75, 3.05) is 26.7 Å². The molecule has 5 rings (SSSR count). The van der Waals surface area contributed by atoms with Gasteiger partial charge in [0, 0.05) is 18.9 Å². The number of rotatable bonds is 10. The molecule has 1 aromatic heterocycles. The number of unbranched alkanes of at least 4 members (excludes halogenated alkanes) is 3. The maximum atomic E-state index is 13.2. The van der Waals surface area contributed by atoms with Gasteiger partial charge < -0.3 is 9.47 Å². The van der Waals surface area contributed by atoms with Crippen molar-refractivity contribution in [3.63, 3.8) is 0 Å². The topological polar surface area (TPSA) is 61.3 Å². The molecule has 2 unspecified atom stereocenters. The van der Waals surface area contributed by atoms with E-state index >= 15 is 0 Å². The highest BCUT2D eigenvalue weighted by molar-refractivity contribution is 6.99. The van der Waals surface area contributed by atoms with Gasteiger partial charge in [-0.05, 0) is 52.2 Å². The van der Waals surface area contributed by atoms with Gasteiger partial charge in [-0.25, -0.2) is 4.79 Å². The predicted octanol–water partition coefficient (Wildman–Crippen LogP) is 7.24. The summed E-state index contributed by atoms with van der Waals surface area (Å²) in [5.74, 6) is 0.328. The Balaban J connectivity index is 1.26. The van der Waals surface area contributed by atoms with E-state index in [1.165, 1.54) is 30.0 Å². The third-order valence-corrected chi connectivity index (χ3v) is 8.17. The van der Waals surface area contributed by atoms with Crippen LogP contribution < -0.4 is 4.74 Å². The Labute approximate surface area is 228 Å². The molecule has 0 amide bonds. The summed E-state index contributed by atoms with van der Waals surface area (Å²) >= 11 is 1.19. The van der Waals surface area contributed by atoms with Crippen LogP contribution in [0.25, 0.3) is 27.1 Å². The zero-order chi connectivity index (χ0) is 26.5. The Morgan fingerprint density at radius 2 is 1.76 bits per heavy atom. The van der Waals surface area contributed by atoms with Crippen molar-refractivity contribution >= 4 is 44.8 Å². The van der Waals surface area contributed by atoms with Gasteiger partial charge in [-0.1, -0.05) is 62.6 Å². The lowest BCUT2D eigenvalue weighted by molar-refractivity contribution is -0.944. The zero-order valence-corrected chi connectivity index (χ0v) is 23.3. The summed E-state index contributed by atoms with van der Waals surface area (Å²) in [5, 5.41) is 4.49. The van der Waals surface area contributed by atoms with E-state index in [0.29, 0.717) is 29.1 Å². The number of carbonyl (C=O) groups excluding carboxylic acids is 1. The van der Waals surface area contributed by atoms with Gasteiger partial charge in [-0.3, -0.25) is 4.48 Å². The van der Waals surface area contributed by atoms with E-state index < -0.39 is 0 Å². The number of nitrogens with zero attached hydrogens (tertiary/aromatic N) is 3. The van der Waals surface area contributed by atoms with Crippen LogP contribution in [0.3, 0.4) is 0 Å². The number of carbonyl (C=O) groups is 1. The van der Waals surface area contributed by atoms with Crippen molar-refractivity contribution in [2.45, 2.75) is 52.2 Å². The van der Waals surface area contributed by atoms with Crippen LogP contribution in [0, 0.1) is 0 Å². The highest BCUT2D eigenvalue weighted by Gasteiger charge is 2.37. The average Bonchev–Trinajstić information content (AvgIpc) is 3.40. The molecule has 0 fully saturated rings. The van der Waals surface area contributed by atoms with Crippen molar-refractivity contribution in [1.29, 1.82) is 0 Å². The van der Waals surface area contributed by atoms with Crippen LogP contribution in [0.5, 0.6) is 5.88 Å². The minimum absolute atomic E-state index is 0.297. The number of quaternary nitrogens is 1. The van der Waals surface area contributed by atoms with Crippen LogP contribution in [0.2, 0.25) is 0 Å². The molecule has 0 bridgehead atoms. The Kier molecular flexibility index (Phi) is 8.05. The number of aromatic nitrogens is 2. The van der Waals surface area contributed by atoms with E-state index in [1.807, 2.05) is 37.3 Å². The molecule has 1 aliphatic heterocycles. The SMILES string of the molecule is CCCCCCOc1nsnc1C1=CCC[N+](C)(C(C)OC(=O)c2ccc3cc4ccccc4cc3c2)C1. The van der Waals surface area contributed by atoms with Crippen molar-refractivity contribution < 1.29 is 18.8 Å². The van der Waals surface area contributed by atoms with E-state index in [4.69, 9.17) is 9.47 Å². The highest BCUT2D eigenvalue weighted by Crippen LogP contribution is 2.32. The molecule has 38 heavy (non-hydrogen) atoms. The zero-order valence-electron chi connectivity index (χ0n) is 22.5. The molecule has 2 atom stereocenters. The molecule has 7 heteroatoms. The Morgan fingerprint density at radius 1 is 1.00 bits per heavy atom. The third-order valence-electron chi connectivity index (χ3n) is 7.66. The number of fused-ring (bicyclic) bond motifs is 2. The number of hydrogen-bond donors (Lipinski definition) is 0. The van der Waals surface area contributed by atoms with Gasteiger partial charge in [-0.2, -0.15) is 4.37 Å². The molecule has 1 aliphatic rings. The molecular formula is C31H36N3O3S+. The number of ether oxygens (including phenoxy) is 2. The monoisotopic (exact) mass is 530 g/mol. The second kappa shape index (κ2) is 11.6. The minimum atomic E-state index is -0.316. The van der Waals surface area contributed by atoms with E-state index in [0.717, 1.165) is 53.2 Å². The van der Waals surface area contributed by atoms with Gasteiger partial charge in [0.1, 0.15) is 12.2 Å². The number of benzene rings is 3. The molecule has 0 radical (unpaired) electrons. The fourth-order valence-electron chi connectivity index (χ4n) is 5.13. The maximum Gasteiger partial charge on any atom is 0.342 e. The van der Waals surface area contributed by atoms with E-state index in [2.05, 4.69) is 53.1 Å². The third kappa shape index (κ3) is 5.74. The fraction of sp³-hybridized carbons (Fsp3) is 0.387. The molecule has 0 aliphatic carbocycles. The van der Waals surface area contributed by atoms with Gasteiger partial charge in [0.15, 0.2) is 0 Å². The molecule has 3 aromatic carbocycles. The lowest BCUT2D eigenvalue weighted by Crippen LogP contribution is -2.55. The Morgan fingerprint density at radius 3 is 2.55 bits per heavy atom. The molecule has 4 aromatic rings. The molecule has 0 N–H and O–H groups in total. The summed E-state index contributed by atoms with van der Waals surface area (Å²) in [6.07, 6.45) is 7.40. The Hall–Kier alpha value is -3.29. The van der Waals surface area contributed by atoms with Crippen molar-refractivity contribution in [2.24, 2.45) is 0 Å². The van der Waals surface area contributed by atoms with E-state index in [-0.39, 0.29) is 12.2 Å². The average molecular weight is 531 g/mol. The standard InChI is InChI=1S/C31H36N3O3S/c1-4-5-6-9-17-36-30-29(32-38-33-30)27-13-10-16-34(3,21-27)22(2)37-31(35)26-15-14-25-18-23-11-7-8-12-24(23)19-28(25)20-26/h7-8,11-15,18-20,22H,4-6,9-10,16-17,21H2,1-3H3/q+1. The van der Waals surface area contributed by atoms with Crippen LogP contribution in [-0.4, -0.2) is 52.2 Å². The van der Waals surface area contributed by atoms with E-state index in [1.54, 1.807) is 0 Å². The fourth-order valence-corrected chi connectivity index (χ4v) is 5.67. The van der Waals surface area contributed by atoms with Gasteiger partial charge >= 0.3 is 5.97 Å². The van der Waals surface area contributed by atoms with Gasteiger partial charge in [0.05, 0.1) is 37.5 Å². The van der Waals surface area contributed by atoms with Crippen LogP contribution >= 0.6 is 11.7 Å². The quantitative estimate of drug-likeness (QED) is 0.0936. The molecule has 198 valence electrons. The first-order valence-electron chi connectivity index (χ1n) is 13.6. The van der Waals surface area contributed by atoms with Crippen LogP contribution in [0.4, 0.5) is 0 Å². The number of hydrogen-bond acceptors (Lipinski definition) is 6. The van der Waals surface area contributed by atoms with Crippen LogP contribution in [-0.2, 0) is 4.74 Å². The molecule has 0 saturated carbocycles. The molecular weight excluding hydrogens is 494 g/mol. The number of likely N-dealkylation sites (N-methyl/N-ethyl adjacent to an activating group) is 1. The largest absolute Gasteiger partial charge is 0.475 e. The normalized spacial score (nSPS) is 18.3. The Bertz CT molecular complexity index is 1460. The summed E-state index contributed by atoms with van der Waals surface area (Å²) < 4.78 is 21.6. The second-order valence-corrected chi connectivity index (χ2v) is 11.0. The summed E-state index contributed by atoms with van der Waals surface area (Å²) in [7, 11) is 2.14. The number of esters is 1. The predicted molar refractivity (Wildman–Crippen MR) is 154 cm³/mol. The van der Waals surface area contributed by atoms with Crippen molar-refractivity contribution in [3.8, 4) is 5.88 Å². The summed E-state index contributed by atoms with van der Waals surface area (Å²) in [4.78, 5) is 13.2.